The molecule has 2 rings (SSSR count). The van der Waals surface area contributed by atoms with E-state index in [2.05, 4.69) is 37.2 Å². The maximum atomic E-state index is 5.67. The summed E-state index contributed by atoms with van der Waals surface area (Å²) in [4.78, 5) is 2.44. The second-order valence-corrected chi connectivity index (χ2v) is 6.30. The number of nitrogens with one attached hydrogen (secondary N) is 1. The number of hydrogen-bond acceptors (Lipinski definition) is 3. The highest BCUT2D eigenvalue weighted by Crippen LogP contribution is 2.24. The maximum Gasteiger partial charge on any atom is 0.118 e. The van der Waals surface area contributed by atoms with Gasteiger partial charge in [0.1, 0.15) is 5.76 Å². The zero-order valence-electron chi connectivity index (χ0n) is 12.6. The van der Waals surface area contributed by atoms with Crippen molar-refractivity contribution in [1.82, 2.24) is 10.2 Å². The Morgan fingerprint density at radius 2 is 2.11 bits per heavy atom. The lowest BCUT2D eigenvalue weighted by molar-refractivity contribution is 0.219. The molecule has 1 fully saturated rings. The third kappa shape index (κ3) is 4.66. The summed E-state index contributed by atoms with van der Waals surface area (Å²) in [6, 6.07) is 2.95. The van der Waals surface area contributed by atoms with Gasteiger partial charge in [-0.1, -0.05) is 26.7 Å². The Kier molecular flexibility index (Phi) is 5.46. The van der Waals surface area contributed by atoms with Gasteiger partial charge in [-0.05, 0) is 38.4 Å². The van der Waals surface area contributed by atoms with Crippen LogP contribution < -0.4 is 5.32 Å². The van der Waals surface area contributed by atoms with Crippen LogP contribution >= 0.6 is 0 Å². The molecule has 1 aliphatic carbocycles. The molecule has 0 spiro atoms. The minimum atomic E-state index is 0.694. The summed E-state index contributed by atoms with van der Waals surface area (Å²) in [5.41, 5.74) is 1.26. The first kappa shape index (κ1) is 14.6. The van der Waals surface area contributed by atoms with Gasteiger partial charge in [0, 0.05) is 18.2 Å². The van der Waals surface area contributed by atoms with E-state index in [-0.39, 0.29) is 0 Å². The van der Waals surface area contributed by atoms with Gasteiger partial charge in [-0.2, -0.15) is 0 Å². The van der Waals surface area contributed by atoms with Gasteiger partial charge in [0.05, 0.1) is 12.8 Å². The molecule has 0 radical (unpaired) electrons. The van der Waals surface area contributed by atoms with E-state index in [9.17, 15) is 0 Å². The molecule has 0 saturated heterocycles. The van der Waals surface area contributed by atoms with E-state index in [4.69, 9.17) is 4.42 Å². The van der Waals surface area contributed by atoms with Gasteiger partial charge in [-0.15, -0.1) is 0 Å². The van der Waals surface area contributed by atoms with Crippen molar-refractivity contribution in [2.75, 3.05) is 13.6 Å². The lowest BCUT2D eigenvalue weighted by Crippen LogP contribution is -2.28. The highest BCUT2D eigenvalue weighted by molar-refractivity contribution is 5.12. The van der Waals surface area contributed by atoms with Crippen LogP contribution in [0, 0.1) is 5.92 Å². The van der Waals surface area contributed by atoms with Crippen molar-refractivity contribution in [2.24, 2.45) is 5.92 Å². The average Bonchev–Trinajstić information content (AvgIpc) is 2.99. The molecule has 1 saturated carbocycles. The van der Waals surface area contributed by atoms with E-state index in [1.165, 1.54) is 31.2 Å². The number of nitrogens with zero attached hydrogens (tertiary/aromatic N) is 1. The van der Waals surface area contributed by atoms with Gasteiger partial charge in [-0.25, -0.2) is 0 Å². The van der Waals surface area contributed by atoms with Crippen molar-refractivity contribution in [3.8, 4) is 0 Å². The molecule has 0 bridgehead atoms. The quantitative estimate of drug-likeness (QED) is 0.818. The van der Waals surface area contributed by atoms with E-state index in [1.807, 2.05) is 6.26 Å². The highest BCUT2D eigenvalue weighted by Gasteiger charge is 2.20. The van der Waals surface area contributed by atoms with Crippen molar-refractivity contribution < 1.29 is 4.42 Å². The van der Waals surface area contributed by atoms with Crippen LogP contribution in [0.3, 0.4) is 0 Å². The van der Waals surface area contributed by atoms with Gasteiger partial charge in [-0.3, -0.25) is 4.90 Å². The molecule has 0 amide bonds. The molecule has 1 aromatic rings. The molecule has 1 aliphatic rings. The highest BCUT2D eigenvalue weighted by atomic mass is 16.3. The SMILES string of the molecule is CC(C)CNCc1coc(CN(C)C2CCCC2)c1. The maximum absolute atomic E-state index is 5.67. The fourth-order valence-electron chi connectivity index (χ4n) is 2.83. The van der Waals surface area contributed by atoms with Gasteiger partial charge in [0.25, 0.3) is 0 Å². The number of hydrogen-bond donors (Lipinski definition) is 1. The Morgan fingerprint density at radius 3 is 2.79 bits per heavy atom. The molecule has 0 aromatic carbocycles. The number of furan rings is 1. The van der Waals surface area contributed by atoms with Crippen molar-refractivity contribution in [3.63, 3.8) is 0 Å². The molecule has 3 heteroatoms. The van der Waals surface area contributed by atoms with E-state index >= 15 is 0 Å². The van der Waals surface area contributed by atoms with Crippen LogP contribution in [0.2, 0.25) is 0 Å². The molecular weight excluding hydrogens is 236 g/mol. The molecule has 0 atom stereocenters. The standard InChI is InChI=1S/C16H28N2O/c1-13(2)9-17-10-14-8-16(19-12-14)11-18(3)15-6-4-5-7-15/h8,12-13,15,17H,4-7,9-11H2,1-3H3. The fourth-order valence-corrected chi connectivity index (χ4v) is 2.83. The minimum Gasteiger partial charge on any atom is -0.468 e. The van der Waals surface area contributed by atoms with E-state index in [1.54, 1.807) is 0 Å². The van der Waals surface area contributed by atoms with Gasteiger partial charge < -0.3 is 9.73 Å². The van der Waals surface area contributed by atoms with Crippen LogP contribution in [0.1, 0.15) is 50.9 Å². The van der Waals surface area contributed by atoms with E-state index < -0.39 is 0 Å². The predicted molar refractivity (Wildman–Crippen MR) is 79.0 cm³/mol. The van der Waals surface area contributed by atoms with Crippen LogP contribution in [0.5, 0.6) is 0 Å². The van der Waals surface area contributed by atoms with Crippen LogP contribution in [0.15, 0.2) is 16.7 Å². The third-order valence-corrected chi connectivity index (χ3v) is 3.94. The molecule has 1 N–H and O–H groups in total. The molecular formula is C16H28N2O. The Balaban J connectivity index is 1.76. The van der Waals surface area contributed by atoms with Crippen molar-refractivity contribution in [2.45, 2.75) is 58.7 Å². The first-order chi connectivity index (χ1) is 9.15. The Bertz CT molecular complexity index is 367. The monoisotopic (exact) mass is 264 g/mol. The third-order valence-electron chi connectivity index (χ3n) is 3.94. The summed E-state index contributed by atoms with van der Waals surface area (Å²) in [6.45, 7) is 7.36. The zero-order chi connectivity index (χ0) is 13.7. The Labute approximate surface area is 117 Å². The lowest BCUT2D eigenvalue weighted by atomic mass is 10.2. The van der Waals surface area contributed by atoms with Crippen LogP contribution in [0.25, 0.3) is 0 Å². The molecule has 1 heterocycles. The van der Waals surface area contributed by atoms with E-state index in [0.29, 0.717) is 5.92 Å². The lowest BCUT2D eigenvalue weighted by Gasteiger charge is -2.22. The van der Waals surface area contributed by atoms with Crippen LogP contribution in [-0.2, 0) is 13.1 Å². The first-order valence-corrected chi connectivity index (χ1v) is 7.62. The molecule has 0 unspecified atom stereocenters. The minimum absolute atomic E-state index is 0.694. The Morgan fingerprint density at radius 1 is 1.37 bits per heavy atom. The smallest absolute Gasteiger partial charge is 0.118 e. The van der Waals surface area contributed by atoms with Gasteiger partial charge in [0.2, 0.25) is 0 Å². The molecule has 19 heavy (non-hydrogen) atoms. The Hall–Kier alpha value is -0.800. The summed E-state index contributed by atoms with van der Waals surface area (Å²) < 4.78 is 5.67. The summed E-state index contributed by atoms with van der Waals surface area (Å²) in [5.74, 6) is 1.79. The predicted octanol–water partition coefficient (Wildman–Crippen LogP) is 3.40. The van der Waals surface area contributed by atoms with Crippen LogP contribution in [0.4, 0.5) is 0 Å². The molecule has 1 aromatic heterocycles. The summed E-state index contributed by atoms with van der Waals surface area (Å²) in [5, 5.41) is 3.45. The van der Waals surface area contributed by atoms with Crippen LogP contribution in [-0.4, -0.2) is 24.5 Å². The summed E-state index contributed by atoms with van der Waals surface area (Å²) >= 11 is 0. The molecule has 3 nitrogen and oxygen atoms in total. The fraction of sp³-hybridized carbons (Fsp3) is 0.750. The number of rotatable bonds is 7. The van der Waals surface area contributed by atoms with Gasteiger partial charge in [0.15, 0.2) is 0 Å². The van der Waals surface area contributed by atoms with Crippen molar-refractivity contribution in [3.05, 3.63) is 23.7 Å². The normalized spacial score (nSPS) is 16.9. The largest absolute Gasteiger partial charge is 0.468 e. The van der Waals surface area contributed by atoms with E-state index in [0.717, 1.165) is 31.4 Å². The van der Waals surface area contributed by atoms with Crippen molar-refractivity contribution in [1.29, 1.82) is 0 Å². The molecule has 0 aliphatic heterocycles. The second kappa shape index (κ2) is 7.11. The van der Waals surface area contributed by atoms with Gasteiger partial charge >= 0.3 is 0 Å². The average molecular weight is 264 g/mol. The van der Waals surface area contributed by atoms with Crippen molar-refractivity contribution >= 4 is 0 Å². The first-order valence-electron chi connectivity index (χ1n) is 7.62. The zero-order valence-corrected chi connectivity index (χ0v) is 12.6. The summed E-state index contributed by atoms with van der Waals surface area (Å²) in [6.07, 6.45) is 7.36. The molecule has 108 valence electrons. The summed E-state index contributed by atoms with van der Waals surface area (Å²) in [7, 11) is 2.22. The topological polar surface area (TPSA) is 28.4 Å². The second-order valence-electron chi connectivity index (χ2n) is 6.30.